The summed E-state index contributed by atoms with van der Waals surface area (Å²) >= 11 is 0. The summed E-state index contributed by atoms with van der Waals surface area (Å²) in [7, 11) is 0. The van der Waals surface area contributed by atoms with Crippen molar-refractivity contribution in [3.63, 3.8) is 0 Å². The van der Waals surface area contributed by atoms with Crippen molar-refractivity contribution in [3.8, 4) is 0 Å². The minimum atomic E-state index is -0.521. The van der Waals surface area contributed by atoms with Crippen molar-refractivity contribution in [1.29, 1.82) is 0 Å². The van der Waals surface area contributed by atoms with Gasteiger partial charge in [-0.2, -0.15) is 9.98 Å². The molecule has 1 aliphatic rings. The van der Waals surface area contributed by atoms with Gasteiger partial charge in [-0.15, -0.1) is 0 Å². The van der Waals surface area contributed by atoms with Crippen molar-refractivity contribution in [2.75, 3.05) is 6.54 Å². The molecule has 0 saturated heterocycles. The van der Waals surface area contributed by atoms with Crippen LogP contribution in [0.15, 0.2) is 9.98 Å². The summed E-state index contributed by atoms with van der Waals surface area (Å²) in [6.45, 7) is 2.87. The van der Waals surface area contributed by atoms with Crippen LogP contribution in [-0.2, 0) is 4.79 Å². The molecule has 0 aliphatic carbocycles. The average Bonchev–Trinajstić information content (AvgIpc) is 2.69. The number of hydrogen-bond donors (Lipinski definition) is 1. The third-order valence-electron chi connectivity index (χ3n) is 2.51. The van der Waals surface area contributed by atoms with Gasteiger partial charge in [0.25, 0.3) is 0 Å². The molecular formula is C12H19N3O2. The summed E-state index contributed by atoms with van der Waals surface area (Å²) in [6.07, 6.45) is 7.34. The third kappa shape index (κ3) is 5.94. The molecule has 0 saturated carbocycles. The summed E-state index contributed by atoms with van der Waals surface area (Å²) in [5.41, 5.74) is 0.443. The van der Waals surface area contributed by atoms with Crippen LogP contribution >= 0.6 is 0 Å². The Morgan fingerprint density at radius 2 is 2.06 bits per heavy atom. The maximum absolute atomic E-state index is 11.4. The van der Waals surface area contributed by atoms with Gasteiger partial charge in [-0.25, -0.2) is 4.79 Å². The van der Waals surface area contributed by atoms with E-state index in [4.69, 9.17) is 0 Å². The zero-order valence-electron chi connectivity index (χ0n) is 10.2. The van der Waals surface area contributed by atoms with Gasteiger partial charge in [0.05, 0.1) is 18.3 Å². The first-order valence-corrected chi connectivity index (χ1v) is 6.14. The predicted molar refractivity (Wildman–Crippen MR) is 67.7 cm³/mol. The Bertz CT molecular complexity index is 335. The number of nitrogens with zero attached hydrogens (tertiary/aromatic N) is 2. The highest BCUT2D eigenvalue weighted by atomic mass is 16.2. The second kappa shape index (κ2) is 7.70. The smallest absolute Gasteiger partial charge is 0.356 e. The highest BCUT2D eigenvalue weighted by Gasteiger charge is 2.11. The summed E-state index contributed by atoms with van der Waals surface area (Å²) in [6, 6.07) is -0.521. The summed E-state index contributed by atoms with van der Waals surface area (Å²) in [5, 5.41) is 2.81. The second-order valence-electron chi connectivity index (χ2n) is 4.08. The first-order valence-electron chi connectivity index (χ1n) is 6.14. The third-order valence-corrected chi connectivity index (χ3v) is 2.51. The van der Waals surface area contributed by atoms with Crippen LogP contribution in [0.25, 0.3) is 0 Å². The largest absolute Gasteiger partial charge is 0.367 e. The lowest BCUT2D eigenvalue weighted by molar-refractivity contribution is -0.119. The van der Waals surface area contributed by atoms with Crippen molar-refractivity contribution in [1.82, 2.24) is 5.32 Å². The second-order valence-corrected chi connectivity index (χ2v) is 4.08. The van der Waals surface area contributed by atoms with Crippen molar-refractivity contribution in [2.24, 2.45) is 9.98 Å². The molecule has 0 atom stereocenters. The van der Waals surface area contributed by atoms with Gasteiger partial charge in [0.1, 0.15) is 0 Å². The first kappa shape index (κ1) is 13.5. The van der Waals surface area contributed by atoms with Crippen LogP contribution in [0.3, 0.4) is 0 Å². The molecule has 94 valence electrons. The SMILES string of the molecule is CCCCCCCNC(=O)CC1=NC(=O)N=C1. The van der Waals surface area contributed by atoms with E-state index in [1.807, 2.05) is 0 Å². The fourth-order valence-corrected chi connectivity index (χ4v) is 1.58. The minimum Gasteiger partial charge on any atom is -0.356 e. The molecular weight excluding hydrogens is 218 g/mol. The van der Waals surface area contributed by atoms with E-state index in [1.54, 1.807) is 0 Å². The molecule has 5 heteroatoms. The van der Waals surface area contributed by atoms with Crippen LogP contribution < -0.4 is 5.32 Å². The molecule has 0 radical (unpaired) electrons. The molecule has 5 nitrogen and oxygen atoms in total. The number of carbonyl (C=O) groups is 2. The van der Waals surface area contributed by atoms with E-state index < -0.39 is 6.03 Å². The highest BCUT2D eigenvalue weighted by Crippen LogP contribution is 2.01. The number of amides is 3. The van der Waals surface area contributed by atoms with Crippen LogP contribution in [0, 0.1) is 0 Å². The Labute approximate surface area is 101 Å². The lowest BCUT2D eigenvalue weighted by Crippen LogP contribution is -2.26. The molecule has 1 rings (SSSR count). The Hall–Kier alpha value is -1.52. The van der Waals surface area contributed by atoms with Gasteiger partial charge in [0.2, 0.25) is 5.91 Å². The van der Waals surface area contributed by atoms with Crippen molar-refractivity contribution < 1.29 is 9.59 Å². The van der Waals surface area contributed by atoms with E-state index in [2.05, 4.69) is 22.2 Å². The lowest BCUT2D eigenvalue weighted by Gasteiger charge is -2.03. The fourth-order valence-electron chi connectivity index (χ4n) is 1.58. The van der Waals surface area contributed by atoms with Gasteiger partial charge < -0.3 is 5.32 Å². The molecule has 1 aliphatic heterocycles. The predicted octanol–water partition coefficient (Wildman–Crippen LogP) is 2.11. The van der Waals surface area contributed by atoms with Crippen LogP contribution in [0.1, 0.15) is 45.4 Å². The molecule has 0 aromatic carbocycles. The van der Waals surface area contributed by atoms with Gasteiger partial charge in [-0.05, 0) is 6.42 Å². The average molecular weight is 237 g/mol. The molecule has 0 bridgehead atoms. The minimum absolute atomic E-state index is 0.0969. The van der Waals surface area contributed by atoms with E-state index in [0.717, 1.165) is 12.8 Å². The summed E-state index contributed by atoms with van der Waals surface area (Å²) < 4.78 is 0. The molecule has 17 heavy (non-hydrogen) atoms. The Morgan fingerprint density at radius 3 is 2.71 bits per heavy atom. The van der Waals surface area contributed by atoms with Crippen LogP contribution in [-0.4, -0.2) is 30.4 Å². The van der Waals surface area contributed by atoms with Gasteiger partial charge in [0, 0.05) is 6.54 Å². The zero-order chi connectivity index (χ0) is 12.5. The topological polar surface area (TPSA) is 70.9 Å². The van der Waals surface area contributed by atoms with Gasteiger partial charge in [-0.3, -0.25) is 4.79 Å². The summed E-state index contributed by atoms with van der Waals surface area (Å²) in [5.74, 6) is -0.0969. The number of nitrogens with one attached hydrogen (secondary N) is 1. The first-order chi connectivity index (χ1) is 8.22. The lowest BCUT2D eigenvalue weighted by atomic mass is 10.1. The van der Waals surface area contributed by atoms with Crippen molar-refractivity contribution in [3.05, 3.63) is 0 Å². The quantitative estimate of drug-likeness (QED) is 0.657. The van der Waals surface area contributed by atoms with E-state index >= 15 is 0 Å². The van der Waals surface area contributed by atoms with E-state index in [-0.39, 0.29) is 12.3 Å². The number of unbranched alkanes of at least 4 members (excludes halogenated alkanes) is 4. The number of hydrogen-bond acceptors (Lipinski definition) is 2. The molecule has 0 aromatic heterocycles. The van der Waals surface area contributed by atoms with E-state index in [9.17, 15) is 9.59 Å². The summed E-state index contributed by atoms with van der Waals surface area (Å²) in [4.78, 5) is 29.2. The van der Waals surface area contributed by atoms with Crippen LogP contribution in [0.2, 0.25) is 0 Å². The molecule has 3 amide bonds. The number of urea groups is 1. The molecule has 1 N–H and O–H groups in total. The molecule has 0 unspecified atom stereocenters. The number of aliphatic imine (C=N–C) groups is 2. The van der Waals surface area contributed by atoms with Crippen molar-refractivity contribution in [2.45, 2.75) is 45.4 Å². The zero-order valence-corrected chi connectivity index (χ0v) is 10.2. The van der Waals surface area contributed by atoms with E-state index in [0.29, 0.717) is 12.3 Å². The molecule has 0 fully saturated rings. The monoisotopic (exact) mass is 237 g/mol. The number of carbonyl (C=O) groups excluding carboxylic acids is 2. The van der Waals surface area contributed by atoms with Gasteiger partial charge in [0.15, 0.2) is 0 Å². The van der Waals surface area contributed by atoms with Gasteiger partial charge in [-0.1, -0.05) is 32.6 Å². The Kier molecular flexibility index (Phi) is 6.14. The molecule has 0 aromatic rings. The molecule has 0 spiro atoms. The normalized spacial score (nSPS) is 13.9. The maximum Gasteiger partial charge on any atom is 0.367 e. The van der Waals surface area contributed by atoms with E-state index in [1.165, 1.54) is 25.5 Å². The Morgan fingerprint density at radius 1 is 1.29 bits per heavy atom. The standard InChI is InChI=1S/C12H19N3O2/c1-2-3-4-5-6-7-13-11(16)8-10-9-14-12(17)15-10/h9H,2-8H2,1H3,(H,13,16). The maximum atomic E-state index is 11.4. The molecule has 1 heterocycles. The number of rotatable bonds is 8. The highest BCUT2D eigenvalue weighted by molar-refractivity contribution is 6.40. The van der Waals surface area contributed by atoms with Gasteiger partial charge >= 0.3 is 6.03 Å². The fraction of sp³-hybridized carbons (Fsp3) is 0.667. The Balaban J connectivity index is 2.04. The van der Waals surface area contributed by atoms with Crippen LogP contribution in [0.4, 0.5) is 4.79 Å². The van der Waals surface area contributed by atoms with Crippen LogP contribution in [0.5, 0.6) is 0 Å². The van der Waals surface area contributed by atoms with Crippen molar-refractivity contribution >= 4 is 23.9 Å².